The number of amides is 2. The summed E-state index contributed by atoms with van der Waals surface area (Å²) < 4.78 is 5.83. The molecule has 0 radical (unpaired) electrons. The average Bonchev–Trinajstić information content (AvgIpc) is 2.74. The number of nitrogens with one attached hydrogen (secondary N) is 2. The van der Waals surface area contributed by atoms with Crippen LogP contribution in [0.15, 0.2) is 59.7 Å². The quantitative estimate of drug-likeness (QED) is 0.316. The van der Waals surface area contributed by atoms with Crippen LogP contribution >= 0.6 is 0 Å². The Morgan fingerprint density at radius 2 is 1.84 bits per heavy atom. The first-order chi connectivity index (χ1) is 15.0. The van der Waals surface area contributed by atoms with Gasteiger partial charge >= 0.3 is 0 Å². The van der Waals surface area contributed by atoms with E-state index >= 15 is 0 Å². The van der Waals surface area contributed by atoms with Crippen molar-refractivity contribution in [3.63, 3.8) is 0 Å². The smallest absolute Gasteiger partial charge is 0.249 e. The number of hydrazone groups is 1. The van der Waals surface area contributed by atoms with Crippen LogP contribution in [-0.4, -0.2) is 24.6 Å². The summed E-state index contributed by atoms with van der Waals surface area (Å²) in [4.78, 5) is 24.4. The Morgan fingerprint density at radius 3 is 2.61 bits per heavy atom. The molecule has 0 bridgehead atoms. The van der Waals surface area contributed by atoms with Gasteiger partial charge in [0.1, 0.15) is 12.2 Å². The number of carbonyl (C=O) groups excluding carboxylic acids is 2. The summed E-state index contributed by atoms with van der Waals surface area (Å²) in [5.41, 5.74) is 5.97. The molecule has 6 nitrogen and oxygen atoms in total. The first kappa shape index (κ1) is 22.0. The fourth-order valence-electron chi connectivity index (χ4n) is 3.25. The summed E-state index contributed by atoms with van der Waals surface area (Å²) in [6.07, 6.45) is 2.13. The lowest BCUT2D eigenvalue weighted by atomic mass is 10.0. The number of benzene rings is 3. The highest BCUT2D eigenvalue weighted by Gasteiger charge is 2.11. The molecule has 160 valence electrons. The van der Waals surface area contributed by atoms with Gasteiger partial charge in [0, 0.05) is 11.3 Å². The highest BCUT2D eigenvalue weighted by Crippen LogP contribution is 2.26. The molecular weight excluding hydrogens is 390 g/mol. The van der Waals surface area contributed by atoms with E-state index in [9.17, 15) is 9.59 Å². The molecule has 3 aromatic rings. The predicted molar refractivity (Wildman–Crippen MR) is 125 cm³/mol. The van der Waals surface area contributed by atoms with E-state index < -0.39 is 11.8 Å². The third-order valence-corrected chi connectivity index (χ3v) is 4.75. The molecule has 2 N–H and O–H groups in total. The molecule has 0 atom stereocenters. The lowest BCUT2D eigenvalue weighted by Gasteiger charge is -2.11. The molecule has 0 aliphatic carbocycles. The highest BCUT2D eigenvalue weighted by atomic mass is 16.5. The first-order valence-corrected chi connectivity index (χ1v) is 10.3. The minimum atomic E-state index is -0.491. The third kappa shape index (κ3) is 5.92. The van der Waals surface area contributed by atoms with Gasteiger partial charge in [0.2, 0.25) is 11.8 Å². The molecule has 2 amide bonds. The molecule has 31 heavy (non-hydrogen) atoms. The number of hydrogen-bond donors (Lipinski definition) is 2. The number of rotatable bonds is 8. The van der Waals surface area contributed by atoms with Crippen LogP contribution in [0.5, 0.6) is 5.75 Å². The molecule has 0 saturated heterocycles. The second-order valence-corrected chi connectivity index (χ2v) is 7.38. The van der Waals surface area contributed by atoms with E-state index in [0.29, 0.717) is 18.0 Å². The predicted octanol–water partition coefficient (Wildman–Crippen LogP) is 4.72. The molecule has 0 aromatic heterocycles. The average molecular weight is 418 g/mol. The molecular formula is C25H27N3O3. The van der Waals surface area contributed by atoms with Crippen molar-refractivity contribution < 1.29 is 14.3 Å². The van der Waals surface area contributed by atoms with Crippen molar-refractivity contribution in [3.05, 3.63) is 71.3 Å². The topological polar surface area (TPSA) is 79.8 Å². The van der Waals surface area contributed by atoms with Gasteiger partial charge in [-0.15, -0.1) is 0 Å². The highest BCUT2D eigenvalue weighted by molar-refractivity contribution is 6.05. The lowest BCUT2D eigenvalue weighted by molar-refractivity contribution is -0.126. The van der Waals surface area contributed by atoms with E-state index in [4.69, 9.17) is 4.74 Å². The molecule has 0 heterocycles. The Balaban J connectivity index is 1.66. The van der Waals surface area contributed by atoms with Gasteiger partial charge < -0.3 is 10.1 Å². The number of anilines is 1. The maximum absolute atomic E-state index is 12.2. The van der Waals surface area contributed by atoms with Crippen LogP contribution in [-0.2, 0) is 9.59 Å². The van der Waals surface area contributed by atoms with Crippen LogP contribution in [0.3, 0.4) is 0 Å². The standard InChI is InChI=1S/C25H27N3O3/c1-4-13-31-23-12-10-19-7-5-6-8-20(19)21(23)16-26-28-25(30)15-24(29)27-22-11-9-17(2)14-18(22)3/h5-12,14,16H,4,13,15H2,1-3H3,(H,27,29)(H,28,30). The number of nitrogens with zero attached hydrogens (tertiary/aromatic N) is 1. The minimum Gasteiger partial charge on any atom is -0.493 e. The zero-order chi connectivity index (χ0) is 22.2. The molecule has 0 aliphatic heterocycles. The summed E-state index contributed by atoms with van der Waals surface area (Å²) in [5.74, 6) is -0.183. The van der Waals surface area contributed by atoms with Gasteiger partial charge in [-0.25, -0.2) is 5.43 Å². The van der Waals surface area contributed by atoms with E-state index in [-0.39, 0.29) is 6.42 Å². The van der Waals surface area contributed by atoms with Crippen LogP contribution in [0.25, 0.3) is 10.8 Å². The van der Waals surface area contributed by atoms with Gasteiger partial charge in [0.25, 0.3) is 0 Å². The van der Waals surface area contributed by atoms with Crippen LogP contribution in [0.4, 0.5) is 5.69 Å². The molecule has 0 spiro atoms. The summed E-state index contributed by atoms with van der Waals surface area (Å²) in [6, 6.07) is 17.5. The lowest BCUT2D eigenvalue weighted by Crippen LogP contribution is -2.25. The van der Waals surface area contributed by atoms with Crippen LogP contribution in [0.2, 0.25) is 0 Å². The monoisotopic (exact) mass is 417 g/mol. The summed E-state index contributed by atoms with van der Waals surface area (Å²) in [6.45, 7) is 6.52. The molecule has 0 fully saturated rings. The van der Waals surface area contributed by atoms with Crippen molar-refractivity contribution in [2.75, 3.05) is 11.9 Å². The second kappa shape index (κ2) is 10.4. The number of ether oxygens (including phenoxy) is 1. The first-order valence-electron chi connectivity index (χ1n) is 10.3. The Labute approximate surface area is 182 Å². The van der Waals surface area contributed by atoms with Gasteiger partial charge in [-0.3, -0.25) is 9.59 Å². The number of aryl methyl sites for hydroxylation is 2. The van der Waals surface area contributed by atoms with Crippen LogP contribution in [0, 0.1) is 13.8 Å². The fourth-order valence-corrected chi connectivity index (χ4v) is 3.25. The van der Waals surface area contributed by atoms with E-state index in [1.54, 1.807) is 6.21 Å². The Kier molecular flexibility index (Phi) is 7.38. The van der Waals surface area contributed by atoms with Crippen LogP contribution < -0.4 is 15.5 Å². The number of carbonyl (C=O) groups is 2. The van der Waals surface area contributed by atoms with Crippen molar-refractivity contribution in [1.82, 2.24) is 5.43 Å². The fraction of sp³-hybridized carbons (Fsp3) is 0.240. The molecule has 3 aromatic carbocycles. The zero-order valence-corrected chi connectivity index (χ0v) is 18.1. The molecule has 3 rings (SSSR count). The van der Waals surface area contributed by atoms with Crippen molar-refractivity contribution in [1.29, 1.82) is 0 Å². The van der Waals surface area contributed by atoms with Gasteiger partial charge in [-0.05, 0) is 48.7 Å². The Morgan fingerprint density at radius 1 is 1.03 bits per heavy atom. The zero-order valence-electron chi connectivity index (χ0n) is 18.1. The molecule has 0 unspecified atom stereocenters. The largest absolute Gasteiger partial charge is 0.493 e. The number of fused-ring (bicyclic) bond motifs is 1. The van der Waals surface area contributed by atoms with E-state index in [0.717, 1.165) is 33.9 Å². The van der Waals surface area contributed by atoms with E-state index in [1.807, 2.05) is 75.4 Å². The third-order valence-electron chi connectivity index (χ3n) is 4.75. The molecule has 0 saturated carbocycles. The SMILES string of the molecule is CCCOc1ccc2ccccc2c1C=NNC(=O)CC(=O)Nc1ccc(C)cc1C. The molecule has 6 heteroatoms. The van der Waals surface area contributed by atoms with Crippen LogP contribution in [0.1, 0.15) is 36.5 Å². The van der Waals surface area contributed by atoms with Gasteiger partial charge in [0.05, 0.1) is 12.8 Å². The van der Waals surface area contributed by atoms with Gasteiger partial charge in [-0.2, -0.15) is 5.10 Å². The second-order valence-electron chi connectivity index (χ2n) is 7.38. The summed E-state index contributed by atoms with van der Waals surface area (Å²) in [7, 11) is 0. The van der Waals surface area contributed by atoms with Crippen molar-refractivity contribution in [2.24, 2.45) is 5.10 Å². The Bertz CT molecular complexity index is 1120. The van der Waals surface area contributed by atoms with Crippen molar-refractivity contribution in [2.45, 2.75) is 33.6 Å². The maximum Gasteiger partial charge on any atom is 0.249 e. The van der Waals surface area contributed by atoms with Crippen molar-refractivity contribution in [3.8, 4) is 5.75 Å². The Hall–Kier alpha value is -3.67. The number of hydrogen-bond acceptors (Lipinski definition) is 4. The van der Waals surface area contributed by atoms with Gasteiger partial charge in [0.15, 0.2) is 0 Å². The van der Waals surface area contributed by atoms with E-state index in [1.165, 1.54) is 0 Å². The summed E-state index contributed by atoms with van der Waals surface area (Å²) in [5, 5.41) is 8.85. The van der Waals surface area contributed by atoms with Gasteiger partial charge in [-0.1, -0.05) is 55.0 Å². The molecule has 0 aliphatic rings. The maximum atomic E-state index is 12.2. The summed E-state index contributed by atoms with van der Waals surface area (Å²) >= 11 is 0. The normalized spacial score (nSPS) is 10.9. The minimum absolute atomic E-state index is 0.320. The van der Waals surface area contributed by atoms with E-state index in [2.05, 4.69) is 15.8 Å². The van der Waals surface area contributed by atoms with Crippen molar-refractivity contribution >= 4 is 34.5 Å².